The van der Waals surface area contributed by atoms with Gasteiger partial charge in [-0.05, 0) is 39.0 Å². The maximum Gasteiger partial charge on any atom is 0.227 e. The van der Waals surface area contributed by atoms with Crippen molar-refractivity contribution in [3.63, 3.8) is 0 Å². The Morgan fingerprint density at radius 2 is 2.12 bits per heavy atom. The predicted octanol–water partition coefficient (Wildman–Crippen LogP) is 2.03. The molecule has 24 heavy (non-hydrogen) atoms. The fourth-order valence-corrected chi connectivity index (χ4v) is 5.56. The molecule has 2 saturated heterocycles. The number of piperidine rings is 1. The van der Waals surface area contributed by atoms with E-state index in [1.807, 2.05) is 13.0 Å². The van der Waals surface area contributed by atoms with E-state index in [1.54, 1.807) is 0 Å². The van der Waals surface area contributed by atoms with E-state index in [2.05, 4.69) is 28.6 Å². The average molecular weight is 353 g/mol. The van der Waals surface area contributed by atoms with E-state index >= 15 is 0 Å². The maximum absolute atomic E-state index is 11.8. The largest absolute Gasteiger partial charge is 0.353 e. The molecular formula is C17H28N4O2S. The highest BCUT2D eigenvalue weighted by atomic mass is 32.2. The molecule has 7 heteroatoms. The van der Waals surface area contributed by atoms with Crippen LogP contribution in [0.5, 0.6) is 0 Å². The molecule has 0 bridgehead atoms. The zero-order valence-corrected chi connectivity index (χ0v) is 15.7. The molecule has 2 aliphatic heterocycles. The third-order valence-corrected chi connectivity index (χ3v) is 6.80. The second-order valence-electron chi connectivity index (χ2n) is 7.20. The summed E-state index contributed by atoms with van der Waals surface area (Å²) in [6.07, 6.45) is 3.12. The van der Waals surface area contributed by atoms with Crippen LogP contribution in [-0.4, -0.2) is 55.6 Å². The number of nitrogens with zero attached hydrogens (tertiary/aromatic N) is 4. The van der Waals surface area contributed by atoms with Gasteiger partial charge in [0, 0.05) is 37.4 Å². The predicted molar refractivity (Wildman–Crippen MR) is 97.5 cm³/mol. The minimum Gasteiger partial charge on any atom is -0.353 e. The number of aryl methyl sites for hydroxylation is 1. The molecule has 6 nitrogen and oxygen atoms in total. The Bertz CT molecular complexity index is 692. The summed E-state index contributed by atoms with van der Waals surface area (Å²) < 4.78 is 23.7. The molecule has 2 fully saturated rings. The van der Waals surface area contributed by atoms with Crippen LogP contribution in [-0.2, 0) is 9.84 Å². The van der Waals surface area contributed by atoms with Crippen molar-refractivity contribution in [3.8, 4) is 0 Å². The van der Waals surface area contributed by atoms with Crippen LogP contribution in [0.4, 0.5) is 11.8 Å². The van der Waals surface area contributed by atoms with Gasteiger partial charge in [0.2, 0.25) is 5.95 Å². The van der Waals surface area contributed by atoms with Gasteiger partial charge in [-0.1, -0.05) is 6.92 Å². The van der Waals surface area contributed by atoms with Crippen molar-refractivity contribution in [1.82, 2.24) is 9.97 Å². The molecule has 2 atom stereocenters. The highest BCUT2D eigenvalue weighted by Gasteiger charge is 2.32. The Hall–Kier alpha value is -1.37. The van der Waals surface area contributed by atoms with Gasteiger partial charge in [-0.3, -0.25) is 0 Å². The Labute approximate surface area is 145 Å². The van der Waals surface area contributed by atoms with Crippen molar-refractivity contribution in [2.45, 2.75) is 46.1 Å². The van der Waals surface area contributed by atoms with E-state index in [0.29, 0.717) is 12.3 Å². The first kappa shape index (κ1) is 17.5. The summed E-state index contributed by atoms with van der Waals surface area (Å²) in [6, 6.07) is 2.01. The zero-order valence-electron chi connectivity index (χ0n) is 14.9. The fraction of sp³-hybridized carbons (Fsp3) is 0.765. The van der Waals surface area contributed by atoms with Gasteiger partial charge in [-0.15, -0.1) is 0 Å². The molecule has 0 amide bonds. The first-order chi connectivity index (χ1) is 11.4. The third-order valence-electron chi connectivity index (χ3n) is 5.05. The molecule has 2 unspecified atom stereocenters. The van der Waals surface area contributed by atoms with Crippen molar-refractivity contribution in [2.24, 2.45) is 5.92 Å². The van der Waals surface area contributed by atoms with Crippen molar-refractivity contribution in [3.05, 3.63) is 11.8 Å². The number of sulfone groups is 1. The van der Waals surface area contributed by atoms with Crippen LogP contribution in [0.2, 0.25) is 0 Å². The van der Waals surface area contributed by atoms with E-state index in [-0.39, 0.29) is 17.5 Å². The van der Waals surface area contributed by atoms with Gasteiger partial charge < -0.3 is 9.80 Å². The summed E-state index contributed by atoms with van der Waals surface area (Å²) in [5, 5.41) is 0. The molecule has 3 rings (SSSR count). The molecule has 1 aromatic rings. The molecule has 0 spiro atoms. The number of hydrogen-bond acceptors (Lipinski definition) is 6. The topological polar surface area (TPSA) is 66.4 Å². The zero-order chi connectivity index (χ0) is 17.3. The monoisotopic (exact) mass is 352 g/mol. The van der Waals surface area contributed by atoms with Crippen molar-refractivity contribution in [1.29, 1.82) is 0 Å². The molecule has 134 valence electrons. The molecule has 2 aliphatic rings. The Balaban J connectivity index is 1.87. The minimum atomic E-state index is -2.90. The van der Waals surface area contributed by atoms with Gasteiger partial charge in [0.05, 0.1) is 11.5 Å². The van der Waals surface area contributed by atoms with Crippen LogP contribution in [0.3, 0.4) is 0 Å². The first-order valence-electron chi connectivity index (χ1n) is 8.95. The molecule has 0 saturated carbocycles. The molecule has 0 N–H and O–H groups in total. The van der Waals surface area contributed by atoms with Crippen LogP contribution in [0.15, 0.2) is 6.07 Å². The summed E-state index contributed by atoms with van der Waals surface area (Å²) in [5.41, 5.74) is 0.938. The second-order valence-corrected chi connectivity index (χ2v) is 9.43. The molecule has 1 aromatic heterocycles. The van der Waals surface area contributed by atoms with Crippen molar-refractivity contribution < 1.29 is 8.42 Å². The Kier molecular flexibility index (Phi) is 4.99. The van der Waals surface area contributed by atoms with Crippen molar-refractivity contribution in [2.75, 3.05) is 40.9 Å². The minimum absolute atomic E-state index is 0.0300. The standard InChI is InChI=1S/C17H28N4O2S/c1-4-21(15-7-9-24(22,23)12-15)16-10-14(3)18-17(19-16)20-8-5-6-13(2)11-20/h10,13,15H,4-9,11-12H2,1-3H3. The van der Waals surface area contributed by atoms with Gasteiger partial charge >= 0.3 is 0 Å². The van der Waals surface area contributed by atoms with Gasteiger partial charge in [0.25, 0.3) is 0 Å². The van der Waals surface area contributed by atoms with E-state index in [9.17, 15) is 8.42 Å². The Morgan fingerprint density at radius 1 is 1.33 bits per heavy atom. The summed E-state index contributed by atoms with van der Waals surface area (Å²) in [5.74, 6) is 2.83. The van der Waals surface area contributed by atoms with Crippen LogP contribution < -0.4 is 9.80 Å². The summed E-state index contributed by atoms with van der Waals surface area (Å²) in [6.45, 7) is 9.06. The smallest absolute Gasteiger partial charge is 0.227 e. The normalized spacial score (nSPS) is 26.5. The highest BCUT2D eigenvalue weighted by molar-refractivity contribution is 7.91. The van der Waals surface area contributed by atoms with Crippen LogP contribution in [0.25, 0.3) is 0 Å². The fourth-order valence-electron chi connectivity index (χ4n) is 3.82. The molecule has 3 heterocycles. The van der Waals surface area contributed by atoms with Crippen LogP contribution in [0.1, 0.15) is 38.8 Å². The lowest BCUT2D eigenvalue weighted by Crippen LogP contribution is -2.38. The van der Waals surface area contributed by atoms with Crippen LogP contribution >= 0.6 is 0 Å². The number of rotatable bonds is 4. The first-order valence-corrected chi connectivity index (χ1v) is 10.8. The van der Waals surface area contributed by atoms with Crippen LogP contribution in [0, 0.1) is 12.8 Å². The van der Waals surface area contributed by atoms with Gasteiger partial charge in [-0.2, -0.15) is 4.98 Å². The lowest BCUT2D eigenvalue weighted by atomic mass is 10.0. The third kappa shape index (κ3) is 3.82. The number of aromatic nitrogens is 2. The molecule has 0 aromatic carbocycles. The maximum atomic E-state index is 11.8. The SMILES string of the molecule is CCN(c1cc(C)nc(N2CCCC(C)C2)n1)C1CCS(=O)(=O)C1. The lowest BCUT2D eigenvalue weighted by molar-refractivity contribution is 0.441. The number of hydrogen-bond donors (Lipinski definition) is 0. The van der Waals surface area contributed by atoms with Gasteiger partial charge in [-0.25, -0.2) is 13.4 Å². The molecular weight excluding hydrogens is 324 g/mol. The van der Waals surface area contributed by atoms with E-state index in [1.165, 1.54) is 12.8 Å². The number of anilines is 2. The summed E-state index contributed by atoms with van der Waals surface area (Å²) >= 11 is 0. The van der Waals surface area contributed by atoms with E-state index in [0.717, 1.165) is 37.1 Å². The summed E-state index contributed by atoms with van der Waals surface area (Å²) in [7, 11) is -2.90. The second kappa shape index (κ2) is 6.86. The molecule has 0 radical (unpaired) electrons. The van der Waals surface area contributed by atoms with Gasteiger partial charge in [0.1, 0.15) is 5.82 Å². The lowest BCUT2D eigenvalue weighted by Gasteiger charge is -2.33. The van der Waals surface area contributed by atoms with Crippen molar-refractivity contribution >= 4 is 21.6 Å². The van der Waals surface area contributed by atoms with E-state index in [4.69, 9.17) is 4.98 Å². The van der Waals surface area contributed by atoms with E-state index < -0.39 is 9.84 Å². The Morgan fingerprint density at radius 3 is 2.75 bits per heavy atom. The van der Waals surface area contributed by atoms with Gasteiger partial charge in [0.15, 0.2) is 9.84 Å². The molecule has 0 aliphatic carbocycles. The quantitative estimate of drug-likeness (QED) is 0.826. The highest BCUT2D eigenvalue weighted by Crippen LogP contribution is 2.26. The average Bonchev–Trinajstić information content (AvgIpc) is 2.87. The summed E-state index contributed by atoms with van der Waals surface area (Å²) in [4.78, 5) is 13.8.